The van der Waals surface area contributed by atoms with E-state index in [2.05, 4.69) is 13.8 Å². The summed E-state index contributed by atoms with van der Waals surface area (Å²) in [7, 11) is 0. The lowest BCUT2D eigenvalue weighted by atomic mass is 9.86. The molecule has 148 valence electrons. The maximum atomic E-state index is 11.9. The predicted octanol–water partition coefficient (Wildman–Crippen LogP) is 6.83. The van der Waals surface area contributed by atoms with Crippen LogP contribution in [0.2, 0.25) is 0 Å². The second-order valence-electron chi connectivity index (χ2n) is 7.87. The van der Waals surface area contributed by atoms with Crippen LogP contribution in [0.15, 0.2) is 30.3 Å². The molecule has 0 saturated heterocycles. The monoisotopic (exact) mass is 378 g/mol. The number of unbranched alkanes of at least 4 members (excludes halogenated alkanes) is 3. The van der Waals surface area contributed by atoms with Crippen molar-refractivity contribution < 1.29 is 9.90 Å². The van der Waals surface area contributed by atoms with E-state index in [4.69, 9.17) is 0 Å². The van der Waals surface area contributed by atoms with Gasteiger partial charge >= 0.3 is 5.97 Å². The van der Waals surface area contributed by atoms with Crippen LogP contribution in [0.3, 0.4) is 0 Å². The molecule has 0 radical (unpaired) electrons. The second kappa shape index (κ2) is 13.2. The maximum absolute atomic E-state index is 11.9. The Kier molecular flexibility index (Phi) is 11.8. The third-order valence-corrected chi connectivity index (χ3v) is 6.59. The quantitative estimate of drug-likeness (QED) is 0.340. The molecule has 1 aromatic carbocycles. The van der Waals surface area contributed by atoms with Crippen LogP contribution in [0.25, 0.3) is 0 Å². The van der Waals surface area contributed by atoms with E-state index in [1.165, 1.54) is 51.4 Å². The van der Waals surface area contributed by atoms with Gasteiger partial charge in [-0.3, -0.25) is 4.79 Å². The van der Waals surface area contributed by atoms with E-state index in [1.54, 1.807) is 0 Å². The van der Waals surface area contributed by atoms with Crippen LogP contribution >= 0.6 is 11.8 Å². The predicted molar refractivity (Wildman–Crippen MR) is 115 cm³/mol. The Hall–Kier alpha value is -0.960. The van der Waals surface area contributed by atoms with Crippen LogP contribution in [0.4, 0.5) is 0 Å². The molecular formula is C23H38O2S. The molecule has 0 aliphatic rings. The van der Waals surface area contributed by atoms with Crippen LogP contribution in [0, 0.1) is 11.3 Å². The number of rotatable bonds is 15. The second-order valence-corrected chi connectivity index (χ2v) is 8.98. The Morgan fingerprint density at radius 1 is 1.04 bits per heavy atom. The van der Waals surface area contributed by atoms with Crippen LogP contribution in [0.1, 0.15) is 77.7 Å². The number of hydrogen-bond donors (Lipinski definition) is 1. The zero-order valence-corrected chi connectivity index (χ0v) is 17.8. The summed E-state index contributed by atoms with van der Waals surface area (Å²) in [5, 5.41) is 9.75. The van der Waals surface area contributed by atoms with E-state index in [0.29, 0.717) is 12.2 Å². The van der Waals surface area contributed by atoms with Crippen LogP contribution in [-0.4, -0.2) is 22.6 Å². The van der Waals surface area contributed by atoms with Gasteiger partial charge in [0.2, 0.25) is 0 Å². The maximum Gasteiger partial charge on any atom is 0.310 e. The molecule has 0 amide bonds. The van der Waals surface area contributed by atoms with Gasteiger partial charge in [0.25, 0.3) is 0 Å². The minimum Gasteiger partial charge on any atom is -0.481 e. The summed E-state index contributed by atoms with van der Waals surface area (Å²) in [4.78, 5) is 11.9. The van der Waals surface area contributed by atoms with Crippen LogP contribution in [-0.2, 0) is 11.2 Å². The third kappa shape index (κ3) is 9.12. The highest BCUT2D eigenvalue weighted by Crippen LogP contribution is 2.30. The Morgan fingerprint density at radius 3 is 2.31 bits per heavy atom. The van der Waals surface area contributed by atoms with Crippen molar-refractivity contribution in [1.82, 2.24) is 0 Å². The highest BCUT2D eigenvalue weighted by Gasteiger charge is 2.33. The van der Waals surface area contributed by atoms with Gasteiger partial charge in [-0.15, -0.1) is 0 Å². The molecule has 0 aliphatic carbocycles. The zero-order valence-electron chi connectivity index (χ0n) is 17.0. The molecule has 0 fully saturated rings. The molecule has 2 atom stereocenters. The fourth-order valence-corrected chi connectivity index (χ4v) is 4.71. The lowest BCUT2D eigenvalue weighted by Gasteiger charge is -2.25. The largest absolute Gasteiger partial charge is 0.481 e. The number of hydrogen-bond acceptors (Lipinski definition) is 2. The van der Waals surface area contributed by atoms with E-state index in [0.717, 1.165) is 17.2 Å². The normalized spacial score (nSPS) is 14.7. The van der Waals surface area contributed by atoms with Gasteiger partial charge in [-0.2, -0.15) is 11.8 Å². The van der Waals surface area contributed by atoms with Crippen molar-refractivity contribution in [3.05, 3.63) is 35.9 Å². The van der Waals surface area contributed by atoms with Crippen molar-refractivity contribution >= 4 is 17.7 Å². The van der Waals surface area contributed by atoms with Gasteiger partial charge < -0.3 is 5.11 Å². The lowest BCUT2D eigenvalue weighted by molar-refractivity contribution is -0.146. The van der Waals surface area contributed by atoms with Gasteiger partial charge in [-0.05, 0) is 37.0 Å². The van der Waals surface area contributed by atoms with Crippen molar-refractivity contribution in [2.75, 3.05) is 11.5 Å². The molecule has 1 N–H and O–H groups in total. The third-order valence-electron chi connectivity index (χ3n) is 5.23. The number of aliphatic carboxylic acids is 1. The van der Waals surface area contributed by atoms with Gasteiger partial charge in [0.05, 0.1) is 5.41 Å². The molecule has 0 aliphatic heterocycles. The highest BCUT2D eigenvalue weighted by atomic mass is 32.2. The van der Waals surface area contributed by atoms with E-state index < -0.39 is 11.4 Å². The summed E-state index contributed by atoms with van der Waals surface area (Å²) in [6.45, 7) is 6.42. The Labute approximate surface area is 165 Å². The number of carboxylic acid groups (broad SMARTS) is 1. The number of thioether (sulfide) groups is 1. The van der Waals surface area contributed by atoms with Crippen LogP contribution < -0.4 is 0 Å². The molecule has 26 heavy (non-hydrogen) atoms. The topological polar surface area (TPSA) is 37.3 Å². The summed E-state index contributed by atoms with van der Waals surface area (Å²) < 4.78 is 0. The summed E-state index contributed by atoms with van der Waals surface area (Å²) in [5.41, 5.74) is 0.422. The SMILES string of the molecule is CCCCCC(CCCC)CCSCC(C)(Cc1ccccc1)C(=O)O. The molecule has 1 rings (SSSR count). The fourth-order valence-electron chi connectivity index (χ4n) is 3.39. The van der Waals surface area contributed by atoms with Crippen molar-refractivity contribution in [3.8, 4) is 0 Å². The molecule has 0 heterocycles. The van der Waals surface area contributed by atoms with E-state index in [1.807, 2.05) is 49.0 Å². The van der Waals surface area contributed by atoms with Crippen molar-refractivity contribution in [1.29, 1.82) is 0 Å². The first-order chi connectivity index (χ1) is 12.5. The van der Waals surface area contributed by atoms with Gasteiger partial charge in [-0.1, -0.05) is 89.1 Å². The van der Waals surface area contributed by atoms with E-state index in [-0.39, 0.29) is 0 Å². The van der Waals surface area contributed by atoms with Gasteiger partial charge in [0, 0.05) is 5.75 Å². The minimum atomic E-state index is -0.687. The van der Waals surface area contributed by atoms with Crippen molar-refractivity contribution in [2.45, 2.75) is 78.6 Å². The average Bonchev–Trinajstić information content (AvgIpc) is 2.63. The van der Waals surface area contributed by atoms with Crippen LogP contribution in [0.5, 0.6) is 0 Å². The molecule has 0 aromatic heterocycles. The molecule has 3 heteroatoms. The highest BCUT2D eigenvalue weighted by molar-refractivity contribution is 7.99. The summed E-state index contributed by atoms with van der Waals surface area (Å²) >= 11 is 1.83. The number of carbonyl (C=O) groups is 1. The van der Waals surface area contributed by atoms with E-state index in [9.17, 15) is 9.90 Å². The smallest absolute Gasteiger partial charge is 0.310 e. The van der Waals surface area contributed by atoms with Gasteiger partial charge in [-0.25, -0.2) is 0 Å². The first kappa shape index (κ1) is 23.1. The number of carboxylic acids is 1. The minimum absolute atomic E-state index is 0.603. The molecule has 2 unspecified atom stereocenters. The fraction of sp³-hybridized carbons (Fsp3) is 0.696. The summed E-state index contributed by atoms with van der Waals surface area (Å²) in [5.74, 6) is 1.91. The van der Waals surface area contributed by atoms with Crippen molar-refractivity contribution in [3.63, 3.8) is 0 Å². The first-order valence-corrected chi connectivity index (χ1v) is 11.5. The first-order valence-electron chi connectivity index (χ1n) is 10.4. The molecular weight excluding hydrogens is 340 g/mol. The Bertz CT molecular complexity index is 488. The molecule has 0 spiro atoms. The van der Waals surface area contributed by atoms with Gasteiger partial charge in [0.1, 0.15) is 0 Å². The summed E-state index contributed by atoms with van der Waals surface area (Å²) in [6, 6.07) is 10.0. The Balaban J connectivity index is 2.45. The standard InChI is InChI=1S/C23H38O2S/c1-4-6-9-13-20(12-7-5-2)16-17-26-19-23(3,22(24)25)18-21-14-10-8-11-15-21/h8,10-11,14-15,20H,4-7,9,12-13,16-19H2,1-3H3,(H,24,25). The average molecular weight is 379 g/mol. The number of benzene rings is 1. The van der Waals surface area contributed by atoms with Gasteiger partial charge in [0.15, 0.2) is 0 Å². The Morgan fingerprint density at radius 2 is 1.69 bits per heavy atom. The van der Waals surface area contributed by atoms with Crippen molar-refractivity contribution in [2.24, 2.45) is 11.3 Å². The summed E-state index contributed by atoms with van der Waals surface area (Å²) in [6.07, 6.45) is 11.1. The lowest BCUT2D eigenvalue weighted by Crippen LogP contribution is -2.33. The molecule has 0 saturated carbocycles. The molecule has 0 bridgehead atoms. The molecule has 2 nitrogen and oxygen atoms in total. The van der Waals surface area contributed by atoms with E-state index >= 15 is 0 Å². The molecule has 1 aromatic rings. The zero-order chi connectivity index (χ0) is 19.3.